The number of hydrogen-bond donors (Lipinski definition) is 1. The zero-order chi connectivity index (χ0) is 14.7. The van der Waals surface area contributed by atoms with E-state index >= 15 is 0 Å². The Morgan fingerprint density at radius 2 is 1.90 bits per heavy atom. The zero-order valence-corrected chi connectivity index (χ0v) is 12.8. The third kappa shape index (κ3) is 3.11. The summed E-state index contributed by atoms with van der Waals surface area (Å²) in [5, 5.41) is 12.1. The van der Waals surface area contributed by atoms with Crippen LogP contribution < -0.4 is 14.8 Å². The standard InChI is InChI=1S/C16H13BrN2O2/c17-14-7-12(8-15-16(14)21-6-5-20-15)10-19-13-3-1-11(9-18)2-4-13/h1-4,7-8,19H,5-6,10H2. The van der Waals surface area contributed by atoms with Crippen molar-refractivity contribution < 1.29 is 9.47 Å². The Labute approximate surface area is 131 Å². The molecule has 0 atom stereocenters. The average molecular weight is 345 g/mol. The van der Waals surface area contributed by atoms with Crippen LogP contribution in [-0.4, -0.2) is 13.2 Å². The van der Waals surface area contributed by atoms with Gasteiger partial charge in [0.05, 0.1) is 16.1 Å². The summed E-state index contributed by atoms with van der Waals surface area (Å²) < 4.78 is 12.1. The molecular weight excluding hydrogens is 332 g/mol. The monoisotopic (exact) mass is 344 g/mol. The van der Waals surface area contributed by atoms with Gasteiger partial charge in [0.2, 0.25) is 0 Å². The van der Waals surface area contributed by atoms with Crippen molar-refractivity contribution >= 4 is 21.6 Å². The van der Waals surface area contributed by atoms with Crippen LogP contribution in [0, 0.1) is 11.3 Å². The number of nitrogens with zero attached hydrogens (tertiary/aromatic N) is 1. The van der Waals surface area contributed by atoms with Crippen molar-refractivity contribution in [3.8, 4) is 17.6 Å². The van der Waals surface area contributed by atoms with Crippen LogP contribution in [0.3, 0.4) is 0 Å². The molecule has 0 radical (unpaired) electrons. The van der Waals surface area contributed by atoms with Crippen LogP contribution in [-0.2, 0) is 6.54 Å². The van der Waals surface area contributed by atoms with Crippen LogP contribution in [0.4, 0.5) is 5.69 Å². The molecule has 0 bridgehead atoms. The molecule has 0 saturated heterocycles. The fourth-order valence-electron chi connectivity index (χ4n) is 2.13. The molecule has 0 aromatic heterocycles. The van der Waals surface area contributed by atoms with Gasteiger partial charge >= 0.3 is 0 Å². The maximum atomic E-state index is 8.78. The molecule has 1 aliphatic rings. The number of rotatable bonds is 3. The minimum absolute atomic E-state index is 0.575. The smallest absolute Gasteiger partial charge is 0.175 e. The van der Waals surface area contributed by atoms with Gasteiger partial charge in [0.25, 0.3) is 0 Å². The molecule has 3 rings (SSSR count). The predicted molar refractivity (Wildman–Crippen MR) is 83.6 cm³/mol. The van der Waals surface area contributed by atoms with E-state index in [9.17, 15) is 0 Å². The molecule has 1 aliphatic heterocycles. The molecule has 2 aromatic carbocycles. The largest absolute Gasteiger partial charge is 0.486 e. The molecule has 106 valence electrons. The zero-order valence-electron chi connectivity index (χ0n) is 11.2. The van der Waals surface area contributed by atoms with Gasteiger partial charge in [-0.1, -0.05) is 0 Å². The van der Waals surface area contributed by atoms with Crippen LogP contribution in [0.5, 0.6) is 11.5 Å². The molecule has 0 spiro atoms. The number of anilines is 1. The first-order chi connectivity index (χ1) is 10.3. The van der Waals surface area contributed by atoms with E-state index in [1.54, 1.807) is 12.1 Å². The van der Waals surface area contributed by atoms with Crippen molar-refractivity contribution in [2.45, 2.75) is 6.54 Å². The number of ether oxygens (including phenoxy) is 2. The van der Waals surface area contributed by atoms with Crippen molar-refractivity contribution in [1.82, 2.24) is 0 Å². The average Bonchev–Trinajstić information content (AvgIpc) is 2.53. The number of halogens is 1. The highest BCUT2D eigenvalue weighted by Gasteiger charge is 2.16. The highest BCUT2D eigenvalue weighted by molar-refractivity contribution is 9.10. The molecule has 0 saturated carbocycles. The molecule has 0 fully saturated rings. The second-order valence-corrected chi connectivity index (χ2v) is 5.50. The Balaban J connectivity index is 1.73. The van der Waals surface area contributed by atoms with Crippen LogP contribution in [0.2, 0.25) is 0 Å². The van der Waals surface area contributed by atoms with Gasteiger partial charge in [-0.3, -0.25) is 0 Å². The van der Waals surface area contributed by atoms with E-state index in [1.807, 2.05) is 24.3 Å². The van der Waals surface area contributed by atoms with Crippen LogP contribution in [0.15, 0.2) is 40.9 Å². The van der Waals surface area contributed by atoms with Crippen LogP contribution in [0.1, 0.15) is 11.1 Å². The number of hydrogen-bond acceptors (Lipinski definition) is 4. The Morgan fingerprint density at radius 1 is 1.14 bits per heavy atom. The van der Waals surface area contributed by atoms with Gasteiger partial charge in [-0.15, -0.1) is 0 Å². The molecule has 21 heavy (non-hydrogen) atoms. The van der Waals surface area contributed by atoms with Crippen molar-refractivity contribution in [1.29, 1.82) is 5.26 Å². The molecule has 0 aliphatic carbocycles. The number of fused-ring (bicyclic) bond motifs is 1. The second-order valence-electron chi connectivity index (χ2n) is 4.64. The fourth-order valence-corrected chi connectivity index (χ4v) is 2.74. The number of benzene rings is 2. The molecule has 5 heteroatoms. The van der Waals surface area contributed by atoms with Crippen molar-refractivity contribution in [2.75, 3.05) is 18.5 Å². The van der Waals surface area contributed by atoms with Gasteiger partial charge in [-0.2, -0.15) is 5.26 Å². The van der Waals surface area contributed by atoms with Crippen LogP contribution in [0.25, 0.3) is 0 Å². The molecule has 1 heterocycles. The lowest BCUT2D eigenvalue weighted by molar-refractivity contribution is 0.170. The minimum Gasteiger partial charge on any atom is -0.486 e. The Kier molecular flexibility index (Phi) is 3.98. The van der Waals surface area contributed by atoms with Crippen molar-refractivity contribution in [3.63, 3.8) is 0 Å². The Morgan fingerprint density at radius 3 is 2.67 bits per heavy atom. The molecular formula is C16H13BrN2O2. The van der Waals surface area contributed by atoms with Gasteiger partial charge < -0.3 is 14.8 Å². The second kappa shape index (κ2) is 6.06. The van der Waals surface area contributed by atoms with Crippen LogP contribution >= 0.6 is 15.9 Å². The van der Waals surface area contributed by atoms with Gasteiger partial charge in [-0.25, -0.2) is 0 Å². The summed E-state index contributed by atoms with van der Waals surface area (Å²) in [6, 6.07) is 13.5. The maximum absolute atomic E-state index is 8.78. The fraction of sp³-hybridized carbons (Fsp3) is 0.188. The number of nitriles is 1. The molecule has 2 aromatic rings. The third-order valence-electron chi connectivity index (χ3n) is 3.17. The van der Waals surface area contributed by atoms with Gasteiger partial charge in [0.15, 0.2) is 11.5 Å². The van der Waals surface area contributed by atoms with Crippen molar-refractivity contribution in [2.24, 2.45) is 0 Å². The minimum atomic E-state index is 0.575. The number of nitrogens with one attached hydrogen (secondary N) is 1. The molecule has 1 N–H and O–H groups in total. The van der Waals surface area contributed by atoms with E-state index in [0.29, 0.717) is 25.3 Å². The SMILES string of the molecule is N#Cc1ccc(NCc2cc(Br)c3c(c2)OCCO3)cc1. The maximum Gasteiger partial charge on any atom is 0.175 e. The Hall–Kier alpha value is -2.19. The first-order valence-corrected chi connectivity index (χ1v) is 7.37. The van der Waals surface area contributed by atoms with Gasteiger partial charge in [-0.05, 0) is 57.9 Å². The normalized spacial score (nSPS) is 12.6. The van der Waals surface area contributed by atoms with Gasteiger partial charge in [0, 0.05) is 12.2 Å². The lowest BCUT2D eigenvalue weighted by atomic mass is 10.1. The molecule has 0 amide bonds. The van der Waals surface area contributed by atoms with E-state index in [-0.39, 0.29) is 0 Å². The third-order valence-corrected chi connectivity index (χ3v) is 3.76. The van der Waals surface area contributed by atoms with E-state index in [2.05, 4.69) is 27.3 Å². The molecule has 4 nitrogen and oxygen atoms in total. The van der Waals surface area contributed by atoms with Gasteiger partial charge in [0.1, 0.15) is 13.2 Å². The summed E-state index contributed by atoms with van der Waals surface area (Å²) in [5.41, 5.74) is 2.72. The summed E-state index contributed by atoms with van der Waals surface area (Å²) in [6.07, 6.45) is 0. The molecule has 0 unspecified atom stereocenters. The first-order valence-electron chi connectivity index (χ1n) is 6.58. The lowest BCUT2D eigenvalue weighted by Crippen LogP contribution is -2.16. The van der Waals surface area contributed by atoms with E-state index in [1.165, 1.54) is 0 Å². The summed E-state index contributed by atoms with van der Waals surface area (Å²) in [7, 11) is 0. The topological polar surface area (TPSA) is 54.3 Å². The van der Waals surface area contributed by atoms with E-state index in [4.69, 9.17) is 14.7 Å². The van der Waals surface area contributed by atoms with E-state index in [0.717, 1.165) is 27.2 Å². The summed E-state index contributed by atoms with van der Waals surface area (Å²) in [6.45, 7) is 1.82. The predicted octanol–water partition coefficient (Wildman–Crippen LogP) is 3.70. The quantitative estimate of drug-likeness (QED) is 0.922. The van der Waals surface area contributed by atoms with E-state index < -0.39 is 0 Å². The highest BCUT2D eigenvalue weighted by Crippen LogP contribution is 2.38. The summed E-state index contributed by atoms with van der Waals surface area (Å²) >= 11 is 3.51. The first kappa shape index (κ1) is 13.8. The Bertz CT molecular complexity index is 693. The van der Waals surface area contributed by atoms with Crippen molar-refractivity contribution in [3.05, 3.63) is 52.0 Å². The highest BCUT2D eigenvalue weighted by atomic mass is 79.9. The lowest BCUT2D eigenvalue weighted by Gasteiger charge is -2.20. The summed E-state index contributed by atoms with van der Waals surface area (Å²) in [4.78, 5) is 0. The summed E-state index contributed by atoms with van der Waals surface area (Å²) in [5.74, 6) is 1.54.